The Hall–Kier alpha value is -1.87. The van der Waals surface area contributed by atoms with Crippen molar-refractivity contribution >= 4 is 34.9 Å². The van der Waals surface area contributed by atoms with Gasteiger partial charge in [-0.05, 0) is 45.1 Å². The Bertz CT molecular complexity index is 822. The van der Waals surface area contributed by atoms with E-state index in [1.54, 1.807) is 18.4 Å². The van der Waals surface area contributed by atoms with Crippen molar-refractivity contribution in [2.75, 3.05) is 19.3 Å². The maximum absolute atomic E-state index is 12.4. The molecule has 3 rings (SSSR count). The average molecular weight is 422 g/mol. The standard InChI is InChI=1S/C19H27N5O2S2/c1-19(2,3)20-16(25)11-23(4)17(26)12-28-18-22-21-15(24(18)13-7-8-13)10-14-6-5-9-27-14/h5-6,9,13H,7-8,10-12H2,1-4H3,(H,20,25). The molecule has 1 saturated carbocycles. The monoisotopic (exact) mass is 421 g/mol. The second-order valence-electron chi connectivity index (χ2n) is 8.09. The molecule has 0 radical (unpaired) electrons. The van der Waals surface area contributed by atoms with E-state index >= 15 is 0 Å². The van der Waals surface area contributed by atoms with Gasteiger partial charge in [0.2, 0.25) is 11.8 Å². The van der Waals surface area contributed by atoms with Gasteiger partial charge in [-0.1, -0.05) is 17.8 Å². The van der Waals surface area contributed by atoms with Gasteiger partial charge in [0.25, 0.3) is 0 Å². The normalized spacial score (nSPS) is 14.1. The van der Waals surface area contributed by atoms with Crippen LogP contribution in [-0.2, 0) is 16.0 Å². The van der Waals surface area contributed by atoms with Gasteiger partial charge in [-0.25, -0.2) is 0 Å². The minimum absolute atomic E-state index is 0.0512. The number of hydrogen-bond donors (Lipinski definition) is 1. The van der Waals surface area contributed by atoms with Crippen LogP contribution in [-0.4, -0.2) is 56.4 Å². The lowest BCUT2D eigenvalue weighted by Gasteiger charge is -2.23. The highest BCUT2D eigenvalue weighted by molar-refractivity contribution is 7.99. The molecule has 0 aromatic carbocycles. The summed E-state index contributed by atoms with van der Waals surface area (Å²) >= 11 is 3.11. The van der Waals surface area contributed by atoms with Crippen molar-refractivity contribution in [2.45, 2.75) is 56.8 Å². The quantitative estimate of drug-likeness (QED) is 0.663. The number of likely N-dealkylation sites (N-methyl/N-ethyl adjacent to an activating group) is 1. The van der Waals surface area contributed by atoms with Gasteiger partial charge in [0.15, 0.2) is 5.16 Å². The SMILES string of the molecule is CN(CC(=O)NC(C)(C)C)C(=O)CSc1nnc(Cc2cccs2)n1C1CC1. The molecule has 0 spiro atoms. The number of rotatable bonds is 8. The molecule has 0 atom stereocenters. The topological polar surface area (TPSA) is 80.1 Å². The highest BCUT2D eigenvalue weighted by atomic mass is 32.2. The molecular weight excluding hydrogens is 394 g/mol. The Kier molecular flexibility index (Phi) is 6.44. The molecule has 0 saturated heterocycles. The number of thioether (sulfide) groups is 1. The summed E-state index contributed by atoms with van der Waals surface area (Å²) in [6, 6.07) is 4.58. The van der Waals surface area contributed by atoms with E-state index in [-0.39, 0.29) is 29.7 Å². The minimum atomic E-state index is -0.310. The van der Waals surface area contributed by atoms with Crippen molar-refractivity contribution in [3.8, 4) is 0 Å². The number of hydrogen-bond acceptors (Lipinski definition) is 6. The van der Waals surface area contributed by atoms with Crippen LogP contribution in [0.5, 0.6) is 0 Å². The van der Waals surface area contributed by atoms with E-state index in [1.807, 2.05) is 26.8 Å². The van der Waals surface area contributed by atoms with Crippen molar-refractivity contribution in [3.63, 3.8) is 0 Å². The maximum Gasteiger partial charge on any atom is 0.240 e. The van der Waals surface area contributed by atoms with Crippen molar-refractivity contribution in [1.82, 2.24) is 25.0 Å². The van der Waals surface area contributed by atoms with E-state index in [0.717, 1.165) is 30.2 Å². The molecule has 152 valence electrons. The van der Waals surface area contributed by atoms with Crippen molar-refractivity contribution < 1.29 is 9.59 Å². The molecule has 2 heterocycles. The van der Waals surface area contributed by atoms with Gasteiger partial charge in [0, 0.05) is 29.9 Å². The largest absolute Gasteiger partial charge is 0.350 e. The fourth-order valence-electron chi connectivity index (χ4n) is 2.79. The molecule has 0 unspecified atom stereocenters. The van der Waals surface area contributed by atoms with E-state index in [0.29, 0.717) is 6.04 Å². The number of carbonyl (C=O) groups excluding carboxylic acids is 2. The lowest BCUT2D eigenvalue weighted by atomic mass is 10.1. The summed E-state index contributed by atoms with van der Waals surface area (Å²) in [5.41, 5.74) is -0.310. The molecule has 0 aliphatic heterocycles. The lowest BCUT2D eigenvalue weighted by Crippen LogP contribution is -2.46. The predicted octanol–water partition coefficient (Wildman–Crippen LogP) is 2.73. The third-order valence-electron chi connectivity index (χ3n) is 4.21. The van der Waals surface area contributed by atoms with Crippen molar-refractivity contribution in [1.29, 1.82) is 0 Å². The van der Waals surface area contributed by atoms with Crippen LogP contribution in [0.1, 0.15) is 50.4 Å². The second kappa shape index (κ2) is 8.65. The third-order valence-corrected chi connectivity index (χ3v) is 6.01. The van der Waals surface area contributed by atoms with Crippen molar-refractivity contribution in [2.24, 2.45) is 0 Å². The summed E-state index contributed by atoms with van der Waals surface area (Å²) in [5.74, 6) is 0.938. The van der Waals surface area contributed by atoms with Crippen LogP contribution >= 0.6 is 23.1 Å². The molecule has 9 heteroatoms. The van der Waals surface area contributed by atoms with E-state index in [2.05, 4.69) is 31.5 Å². The molecule has 7 nitrogen and oxygen atoms in total. The number of aromatic nitrogens is 3. The molecule has 1 N–H and O–H groups in total. The van der Waals surface area contributed by atoms with Gasteiger partial charge >= 0.3 is 0 Å². The summed E-state index contributed by atoms with van der Waals surface area (Å²) in [4.78, 5) is 27.2. The Balaban J connectivity index is 1.57. The van der Waals surface area contributed by atoms with Gasteiger partial charge in [-0.15, -0.1) is 21.5 Å². The van der Waals surface area contributed by atoms with Gasteiger partial charge in [-0.2, -0.15) is 0 Å². The lowest BCUT2D eigenvalue weighted by molar-refractivity contribution is -0.133. The fraction of sp³-hybridized carbons (Fsp3) is 0.579. The summed E-state index contributed by atoms with van der Waals surface area (Å²) in [5, 5.41) is 14.4. The van der Waals surface area contributed by atoms with Crippen LogP contribution < -0.4 is 5.32 Å². The minimum Gasteiger partial charge on any atom is -0.350 e. The van der Waals surface area contributed by atoms with E-state index in [9.17, 15) is 9.59 Å². The molecule has 1 fully saturated rings. The predicted molar refractivity (Wildman–Crippen MR) is 112 cm³/mol. The van der Waals surface area contributed by atoms with Crippen LogP contribution in [0.25, 0.3) is 0 Å². The molecular formula is C19H27N5O2S2. The van der Waals surface area contributed by atoms with Crippen molar-refractivity contribution in [3.05, 3.63) is 28.2 Å². The summed E-state index contributed by atoms with van der Waals surface area (Å²) in [6.07, 6.45) is 3.02. The molecule has 28 heavy (non-hydrogen) atoms. The Labute approximate surface area is 173 Å². The Morgan fingerprint density at radius 2 is 2.11 bits per heavy atom. The zero-order chi connectivity index (χ0) is 20.3. The highest BCUT2D eigenvalue weighted by Crippen LogP contribution is 2.39. The molecule has 2 aromatic heterocycles. The molecule has 0 bridgehead atoms. The highest BCUT2D eigenvalue weighted by Gasteiger charge is 2.30. The maximum atomic E-state index is 12.4. The number of nitrogens with zero attached hydrogens (tertiary/aromatic N) is 4. The summed E-state index contributed by atoms with van der Waals surface area (Å²) in [6.45, 7) is 5.80. The molecule has 2 amide bonds. The first kappa shape index (κ1) is 20.9. The molecule has 1 aliphatic carbocycles. The number of amides is 2. The second-order valence-corrected chi connectivity index (χ2v) is 10.1. The van der Waals surface area contributed by atoms with Crippen LogP contribution in [0.2, 0.25) is 0 Å². The number of nitrogens with one attached hydrogen (secondary N) is 1. The Morgan fingerprint density at radius 1 is 1.36 bits per heavy atom. The fourth-order valence-corrected chi connectivity index (χ4v) is 4.46. The van der Waals surface area contributed by atoms with E-state index in [1.165, 1.54) is 21.5 Å². The van der Waals surface area contributed by atoms with E-state index in [4.69, 9.17) is 0 Å². The average Bonchev–Trinajstić information content (AvgIpc) is 3.14. The van der Waals surface area contributed by atoms with E-state index < -0.39 is 0 Å². The van der Waals surface area contributed by atoms with Crippen LogP contribution in [0, 0.1) is 0 Å². The Morgan fingerprint density at radius 3 is 2.71 bits per heavy atom. The van der Waals surface area contributed by atoms with Gasteiger partial charge in [-0.3, -0.25) is 9.59 Å². The first-order valence-corrected chi connectivity index (χ1v) is 11.2. The number of thiophene rings is 1. The molecule has 1 aliphatic rings. The molecule has 2 aromatic rings. The first-order chi connectivity index (χ1) is 13.2. The third kappa shape index (κ3) is 5.81. The zero-order valence-electron chi connectivity index (χ0n) is 16.8. The van der Waals surface area contributed by atoms with Crippen LogP contribution in [0.3, 0.4) is 0 Å². The first-order valence-electron chi connectivity index (χ1n) is 9.37. The number of carbonyl (C=O) groups is 2. The van der Waals surface area contributed by atoms with Crippen LogP contribution in [0.15, 0.2) is 22.7 Å². The van der Waals surface area contributed by atoms with Gasteiger partial charge < -0.3 is 14.8 Å². The van der Waals surface area contributed by atoms with Gasteiger partial charge in [0.05, 0.1) is 12.3 Å². The zero-order valence-corrected chi connectivity index (χ0v) is 18.4. The summed E-state index contributed by atoms with van der Waals surface area (Å²) < 4.78 is 2.18. The summed E-state index contributed by atoms with van der Waals surface area (Å²) in [7, 11) is 1.65. The smallest absolute Gasteiger partial charge is 0.240 e. The van der Waals surface area contributed by atoms with Gasteiger partial charge in [0.1, 0.15) is 5.82 Å². The van der Waals surface area contributed by atoms with Crippen LogP contribution in [0.4, 0.5) is 0 Å².